The minimum Gasteiger partial charge on any atom is -0.377 e. The van der Waals surface area contributed by atoms with Crippen LogP contribution in [-0.2, 0) is 0 Å². The van der Waals surface area contributed by atoms with Crippen molar-refractivity contribution in [1.29, 1.82) is 0 Å². The van der Waals surface area contributed by atoms with E-state index in [1.165, 1.54) is 0 Å². The van der Waals surface area contributed by atoms with Crippen LogP contribution in [0.3, 0.4) is 0 Å². The fourth-order valence-electron chi connectivity index (χ4n) is 1.83. The number of halogens is 3. The monoisotopic (exact) mass is 358 g/mol. The van der Waals surface area contributed by atoms with E-state index in [1.807, 2.05) is 36.4 Å². The summed E-state index contributed by atoms with van der Waals surface area (Å²) < 4.78 is 1.01. The second-order valence-corrected chi connectivity index (χ2v) is 5.87. The highest BCUT2D eigenvalue weighted by Crippen LogP contribution is 2.28. The van der Waals surface area contributed by atoms with Crippen molar-refractivity contribution in [3.63, 3.8) is 0 Å². The van der Waals surface area contributed by atoms with E-state index in [0.29, 0.717) is 16.6 Å². The fraction of sp³-hybridized carbons (Fsp3) is 0.143. The molecule has 100 valence electrons. The third kappa shape index (κ3) is 3.86. The average molecular weight is 360 g/mol. The van der Waals surface area contributed by atoms with Crippen molar-refractivity contribution < 1.29 is 0 Å². The number of rotatable bonds is 4. The Kier molecular flexibility index (Phi) is 5.11. The molecule has 0 aliphatic heterocycles. The first-order valence-electron chi connectivity index (χ1n) is 5.77. The number of hydrogen-bond acceptors (Lipinski definition) is 2. The molecule has 0 amide bonds. The minimum atomic E-state index is -0.0564. The summed E-state index contributed by atoms with van der Waals surface area (Å²) in [6.45, 7) is 0.438. The van der Waals surface area contributed by atoms with Crippen LogP contribution in [0.5, 0.6) is 0 Å². The molecule has 2 aromatic carbocycles. The molecule has 3 N–H and O–H groups in total. The third-order valence-electron chi connectivity index (χ3n) is 2.74. The molecule has 1 atom stereocenters. The average Bonchev–Trinajstić information content (AvgIpc) is 2.37. The lowest BCUT2D eigenvalue weighted by Gasteiger charge is -2.20. The van der Waals surface area contributed by atoms with Crippen LogP contribution in [0.2, 0.25) is 10.0 Å². The predicted molar refractivity (Wildman–Crippen MR) is 86.0 cm³/mol. The molecular weight excluding hydrogens is 347 g/mol. The number of nitrogens with one attached hydrogen (secondary N) is 1. The zero-order chi connectivity index (χ0) is 13.8. The van der Waals surface area contributed by atoms with Crippen molar-refractivity contribution in [2.75, 3.05) is 11.9 Å². The normalized spacial score (nSPS) is 12.2. The van der Waals surface area contributed by atoms with Crippen LogP contribution in [-0.4, -0.2) is 6.54 Å². The van der Waals surface area contributed by atoms with E-state index in [9.17, 15) is 0 Å². The summed E-state index contributed by atoms with van der Waals surface area (Å²) in [6, 6.07) is 13.3. The van der Waals surface area contributed by atoms with Crippen molar-refractivity contribution >= 4 is 44.8 Å². The lowest BCUT2D eigenvalue weighted by atomic mass is 10.1. The number of anilines is 1. The fourth-order valence-corrected chi connectivity index (χ4v) is 2.77. The predicted octanol–water partition coefficient (Wildman–Crippen LogP) is 4.87. The Labute approximate surface area is 131 Å². The number of benzene rings is 2. The largest absolute Gasteiger partial charge is 0.377 e. The summed E-state index contributed by atoms with van der Waals surface area (Å²) >= 11 is 15.6. The van der Waals surface area contributed by atoms with Gasteiger partial charge in [-0.3, -0.25) is 0 Å². The number of nitrogens with two attached hydrogens (primary N) is 1. The lowest BCUT2D eigenvalue weighted by molar-refractivity contribution is 0.790. The van der Waals surface area contributed by atoms with E-state index >= 15 is 0 Å². The van der Waals surface area contributed by atoms with Crippen LogP contribution in [0.1, 0.15) is 11.6 Å². The van der Waals surface area contributed by atoms with Gasteiger partial charge in [0.1, 0.15) is 0 Å². The van der Waals surface area contributed by atoms with Gasteiger partial charge in [0, 0.05) is 26.8 Å². The van der Waals surface area contributed by atoms with E-state index in [-0.39, 0.29) is 6.04 Å². The van der Waals surface area contributed by atoms with Crippen LogP contribution < -0.4 is 11.1 Å². The molecule has 2 rings (SSSR count). The molecule has 1 unspecified atom stereocenters. The Balaban J connectivity index is 2.25. The molecule has 0 bridgehead atoms. The van der Waals surface area contributed by atoms with E-state index in [0.717, 1.165) is 15.7 Å². The van der Waals surface area contributed by atoms with E-state index in [2.05, 4.69) is 21.2 Å². The second kappa shape index (κ2) is 6.62. The SMILES string of the molecule is NCC(Nc1cccc(Br)c1)c1ccc(Cl)cc1Cl. The van der Waals surface area contributed by atoms with E-state index in [1.54, 1.807) is 6.07 Å². The van der Waals surface area contributed by atoms with Gasteiger partial charge in [-0.15, -0.1) is 0 Å². The molecule has 2 aromatic rings. The maximum atomic E-state index is 6.21. The molecule has 0 aliphatic carbocycles. The lowest BCUT2D eigenvalue weighted by Crippen LogP contribution is -2.20. The van der Waals surface area contributed by atoms with Crippen LogP contribution in [0.25, 0.3) is 0 Å². The third-order valence-corrected chi connectivity index (χ3v) is 3.79. The Morgan fingerprint density at radius 1 is 1.16 bits per heavy atom. The maximum Gasteiger partial charge on any atom is 0.0650 e. The molecule has 0 saturated carbocycles. The van der Waals surface area contributed by atoms with E-state index in [4.69, 9.17) is 28.9 Å². The molecule has 0 heterocycles. The zero-order valence-corrected chi connectivity index (χ0v) is 13.1. The van der Waals surface area contributed by atoms with Gasteiger partial charge < -0.3 is 11.1 Å². The summed E-state index contributed by atoms with van der Waals surface area (Å²) in [5.41, 5.74) is 7.75. The Hall–Kier alpha value is -0.740. The van der Waals surface area contributed by atoms with Gasteiger partial charge in [-0.25, -0.2) is 0 Å². The summed E-state index contributed by atoms with van der Waals surface area (Å²) in [5, 5.41) is 4.60. The molecule has 0 spiro atoms. The van der Waals surface area contributed by atoms with Gasteiger partial charge in [-0.1, -0.05) is 51.3 Å². The molecule has 0 fully saturated rings. The molecule has 5 heteroatoms. The first kappa shape index (κ1) is 14.7. The van der Waals surface area contributed by atoms with E-state index < -0.39 is 0 Å². The van der Waals surface area contributed by atoms with Crippen molar-refractivity contribution in [3.8, 4) is 0 Å². The molecule has 0 aliphatic rings. The Morgan fingerprint density at radius 3 is 2.58 bits per heavy atom. The van der Waals surface area contributed by atoms with Gasteiger partial charge in [-0.05, 0) is 35.9 Å². The quantitative estimate of drug-likeness (QED) is 0.817. The highest BCUT2D eigenvalue weighted by molar-refractivity contribution is 9.10. The topological polar surface area (TPSA) is 38.0 Å². The summed E-state index contributed by atoms with van der Waals surface area (Å²) in [6.07, 6.45) is 0. The highest BCUT2D eigenvalue weighted by Gasteiger charge is 2.13. The Bertz CT molecular complexity index is 575. The van der Waals surface area contributed by atoms with Crippen molar-refractivity contribution in [1.82, 2.24) is 0 Å². The van der Waals surface area contributed by atoms with Crippen molar-refractivity contribution in [2.24, 2.45) is 5.73 Å². The van der Waals surface area contributed by atoms with Crippen LogP contribution in [0.4, 0.5) is 5.69 Å². The van der Waals surface area contributed by atoms with Crippen molar-refractivity contribution in [3.05, 3.63) is 62.5 Å². The zero-order valence-electron chi connectivity index (χ0n) is 10.0. The maximum absolute atomic E-state index is 6.21. The minimum absolute atomic E-state index is 0.0564. The first-order chi connectivity index (χ1) is 9.10. The molecule has 19 heavy (non-hydrogen) atoms. The summed E-state index contributed by atoms with van der Waals surface area (Å²) in [4.78, 5) is 0. The van der Waals surface area contributed by atoms with Gasteiger partial charge in [0.2, 0.25) is 0 Å². The van der Waals surface area contributed by atoms with Gasteiger partial charge in [-0.2, -0.15) is 0 Å². The summed E-state index contributed by atoms with van der Waals surface area (Å²) in [7, 11) is 0. The van der Waals surface area contributed by atoms with Crippen LogP contribution >= 0.6 is 39.1 Å². The molecular formula is C14H13BrCl2N2. The molecule has 0 saturated heterocycles. The molecule has 0 aromatic heterocycles. The standard InChI is InChI=1S/C14H13BrCl2N2/c15-9-2-1-3-11(6-9)19-14(8-18)12-5-4-10(16)7-13(12)17/h1-7,14,19H,8,18H2. The van der Waals surface area contributed by atoms with Crippen LogP contribution in [0, 0.1) is 0 Å². The van der Waals surface area contributed by atoms with Crippen LogP contribution in [0.15, 0.2) is 46.9 Å². The Morgan fingerprint density at radius 2 is 1.95 bits per heavy atom. The molecule has 0 radical (unpaired) electrons. The summed E-state index contributed by atoms with van der Waals surface area (Å²) in [5.74, 6) is 0. The second-order valence-electron chi connectivity index (χ2n) is 4.11. The van der Waals surface area contributed by atoms with Gasteiger partial charge >= 0.3 is 0 Å². The van der Waals surface area contributed by atoms with Crippen molar-refractivity contribution in [2.45, 2.75) is 6.04 Å². The number of hydrogen-bond donors (Lipinski definition) is 2. The first-order valence-corrected chi connectivity index (χ1v) is 7.32. The van der Waals surface area contributed by atoms with Gasteiger partial charge in [0.25, 0.3) is 0 Å². The highest BCUT2D eigenvalue weighted by atomic mass is 79.9. The van der Waals surface area contributed by atoms with Gasteiger partial charge in [0.15, 0.2) is 0 Å². The smallest absolute Gasteiger partial charge is 0.0650 e. The molecule has 2 nitrogen and oxygen atoms in total. The van der Waals surface area contributed by atoms with Gasteiger partial charge in [0.05, 0.1) is 6.04 Å².